The fraction of sp³-hybridized carbons (Fsp3) is 0.600. The molecular formula is C15H23BrN2. The first kappa shape index (κ1) is 14.0. The van der Waals surface area contributed by atoms with Gasteiger partial charge in [-0.15, -0.1) is 0 Å². The maximum absolute atomic E-state index is 5.84. The van der Waals surface area contributed by atoms with Crippen molar-refractivity contribution in [1.29, 1.82) is 0 Å². The van der Waals surface area contributed by atoms with E-state index in [1.807, 2.05) is 0 Å². The molecule has 18 heavy (non-hydrogen) atoms. The molecule has 100 valence electrons. The van der Waals surface area contributed by atoms with Crippen LogP contribution in [0.25, 0.3) is 0 Å². The maximum atomic E-state index is 5.84. The highest BCUT2D eigenvalue weighted by Crippen LogP contribution is 2.30. The number of piperidine rings is 1. The number of benzene rings is 1. The number of rotatable bonds is 3. The minimum absolute atomic E-state index is 0.474. The fourth-order valence-corrected chi connectivity index (χ4v) is 3.14. The molecule has 1 aliphatic rings. The molecule has 1 aromatic carbocycles. The SMILES string of the molecule is CC1CCC(CN)CN1C(C)c1ccc(Br)cc1. The summed E-state index contributed by atoms with van der Waals surface area (Å²) in [7, 11) is 0. The number of halogens is 1. The summed E-state index contributed by atoms with van der Waals surface area (Å²) in [6.45, 7) is 6.59. The molecule has 1 heterocycles. The summed E-state index contributed by atoms with van der Waals surface area (Å²) in [6, 6.07) is 9.82. The highest BCUT2D eigenvalue weighted by Gasteiger charge is 2.28. The molecule has 0 saturated carbocycles. The molecule has 1 aliphatic heterocycles. The average Bonchev–Trinajstić information content (AvgIpc) is 2.39. The molecule has 0 spiro atoms. The molecular weight excluding hydrogens is 288 g/mol. The first-order valence-corrected chi connectivity index (χ1v) is 7.62. The average molecular weight is 311 g/mol. The van der Waals surface area contributed by atoms with Crippen molar-refractivity contribution >= 4 is 15.9 Å². The van der Waals surface area contributed by atoms with Crippen LogP contribution in [0.4, 0.5) is 0 Å². The quantitative estimate of drug-likeness (QED) is 0.924. The fourth-order valence-electron chi connectivity index (χ4n) is 2.88. The molecule has 2 rings (SSSR count). The first-order valence-electron chi connectivity index (χ1n) is 6.83. The Morgan fingerprint density at radius 2 is 2.00 bits per heavy atom. The molecule has 1 saturated heterocycles. The van der Waals surface area contributed by atoms with Crippen molar-refractivity contribution < 1.29 is 0 Å². The largest absolute Gasteiger partial charge is 0.330 e. The van der Waals surface area contributed by atoms with E-state index in [1.54, 1.807) is 0 Å². The van der Waals surface area contributed by atoms with Crippen molar-refractivity contribution in [3.05, 3.63) is 34.3 Å². The van der Waals surface area contributed by atoms with Crippen LogP contribution in [0.1, 0.15) is 38.3 Å². The van der Waals surface area contributed by atoms with Crippen molar-refractivity contribution in [1.82, 2.24) is 4.90 Å². The van der Waals surface area contributed by atoms with Gasteiger partial charge in [-0.05, 0) is 56.8 Å². The summed E-state index contributed by atoms with van der Waals surface area (Å²) in [5, 5.41) is 0. The minimum atomic E-state index is 0.474. The Balaban J connectivity index is 2.11. The monoisotopic (exact) mass is 310 g/mol. The van der Waals surface area contributed by atoms with E-state index in [2.05, 4.69) is 58.9 Å². The van der Waals surface area contributed by atoms with E-state index >= 15 is 0 Å². The maximum Gasteiger partial charge on any atom is 0.0322 e. The topological polar surface area (TPSA) is 29.3 Å². The smallest absolute Gasteiger partial charge is 0.0322 e. The Labute approximate surface area is 119 Å². The van der Waals surface area contributed by atoms with Crippen LogP contribution >= 0.6 is 15.9 Å². The van der Waals surface area contributed by atoms with Crippen LogP contribution in [0.2, 0.25) is 0 Å². The summed E-state index contributed by atoms with van der Waals surface area (Å²) in [5.41, 5.74) is 7.23. The van der Waals surface area contributed by atoms with Crippen molar-refractivity contribution in [2.75, 3.05) is 13.1 Å². The lowest BCUT2D eigenvalue weighted by atomic mass is 9.91. The molecule has 0 amide bonds. The normalized spacial score (nSPS) is 27.1. The van der Waals surface area contributed by atoms with Crippen LogP contribution in [0, 0.1) is 5.92 Å². The molecule has 3 unspecified atom stereocenters. The molecule has 0 radical (unpaired) electrons. The van der Waals surface area contributed by atoms with Gasteiger partial charge >= 0.3 is 0 Å². The van der Waals surface area contributed by atoms with Gasteiger partial charge in [0.05, 0.1) is 0 Å². The second-order valence-corrected chi connectivity index (χ2v) is 6.37. The second-order valence-electron chi connectivity index (χ2n) is 5.45. The number of nitrogens with two attached hydrogens (primary N) is 1. The molecule has 2 nitrogen and oxygen atoms in total. The summed E-state index contributed by atoms with van der Waals surface area (Å²) >= 11 is 3.49. The van der Waals surface area contributed by atoms with Gasteiger partial charge in [-0.2, -0.15) is 0 Å². The van der Waals surface area contributed by atoms with E-state index in [1.165, 1.54) is 18.4 Å². The molecule has 3 heteroatoms. The molecule has 0 bridgehead atoms. The van der Waals surface area contributed by atoms with Gasteiger partial charge in [0.15, 0.2) is 0 Å². The molecule has 3 atom stereocenters. The molecule has 1 fully saturated rings. The van der Waals surface area contributed by atoms with Crippen molar-refractivity contribution in [2.45, 2.75) is 38.8 Å². The number of likely N-dealkylation sites (tertiary alicyclic amines) is 1. The Morgan fingerprint density at radius 1 is 1.33 bits per heavy atom. The number of hydrogen-bond acceptors (Lipinski definition) is 2. The number of hydrogen-bond donors (Lipinski definition) is 1. The van der Waals surface area contributed by atoms with Crippen molar-refractivity contribution in [2.24, 2.45) is 11.7 Å². The molecule has 2 N–H and O–H groups in total. The Hall–Kier alpha value is -0.380. The van der Waals surface area contributed by atoms with Gasteiger partial charge in [-0.25, -0.2) is 0 Å². The third-order valence-corrected chi connectivity index (χ3v) is 4.74. The van der Waals surface area contributed by atoms with Gasteiger partial charge < -0.3 is 5.73 Å². The Kier molecular flexibility index (Phi) is 4.82. The Bertz CT molecular complexity index is 377. The van der Waals surface area contributed by atoms with E-state index in [9.17, 15) is 0 Å². The lowest BCUT2D eigenvalue weighted by molar-refractivity contribution is 0.0812. The standard InChI is InChI=1S/C15H23BrN2/c1-11-3-4-13(9-17)10-18(11)12(2)14-5-7-15(16)8-6-14/h5-8,11-13H,3-4,9-10,17H2,1-2H3. The Morgan fingerprint density at radius 3 is 2.61 bits per heavy atom. The van der Waals surface area contributed by atoms with Gasteiger partial charge in [0.25, 0.3) is 0 Å². The summed E-state index contributed by atoms with van der Waals surface area (Å²) < 4.78 is 1.14. The van der Waals surface area contributed by atoms with Crippen LogP contribution in [0.15, 0.2) is 28.7 Å². The van der Waals surface area contributed by atoms with Crippen LogP contribution in [0.3, 0.4) is 0 Å². The third-order valence-electron chi connectivity index (χ3n) is 4.21. The van der Waals surface area contributed by atoms with Crippen molar-refractivity contribution in [3.63, 3.8) is 0 Å². The van der Waals surface area contributed by atoms with Crippen molar-refractivity contribution in [3.8, 4) is 0 Å². The highest BCUT2D eigenvalue weighted by atomic mass is 79.9. The minimum Gasteiger partial charge on any atom is -0.330 e. The highest BCUT2D eigenvalue weighted by molar-refractivity contribution is 9.10. The lowest BCUT2D eigenvalue weighted by Crippen LogP contribution is -2.44. The predicted octanol–water partition coefficient (Wildman–Crippen LogP) is 3.57. The van der Waals surface area contributed by atoms with E-state index in [0.717, 1.165) is 17.6 Å². The van der Waals surface area contributed by atoms with Crippen LogP contribution in [0.5, 0.6) is 0 Å². The third kappa shape index (κ3) is 3.14. The second kappa shape index (κ2) is 6.18. The summed E-state index contributed by atoms with van der Waals surface area (Å²) in [6.07, 6.45) is 2.55. The summed E-state index contributed by atoms with van der Waals surface area (Å²) in [4.78, 5) is 2.60. The van der Waals surface area contributed by atoms with E-state index in [-0.39, 0.29) is 0 Å². The van der Waals surface area contributed by atoms with Gasteiger partial charge in [0.1, 0.15) is 0 Å². The predicted molar refractivity (Wildman–Crippen MR) is 80.5 cm³/mol. The zero-order valence-electron chi connectivity index (χ0n) is 11.3. The molecule has 0 aromatic heterocycles. The zero-order chi connectivity index (χ0) is 13.1. The van der Waals surface area contributed by atoms with Gasteiger partial charge in [-0.3, -0.25) is 4.90 Å². The van der Waals surface area contributed by atoms with Gasteiger partial charge in [0, 0.05) is 23.1 Å². The first-order chi connectivity index (χ1) is 8.61. The van der Waals surface area contributed by atoms with E-state index < -0.39 is 0 Å². The lowest BCUT2D eigenvalue weighted by Gasteiger charge is -2.41. The number of nitrogens with zero attached hydrogens (tertiary/aromatic N) is 1. The zero-order valence-corrected chi connectivity index (χ0v) is 12.9. The van der Waals surface area contributed by atoms with Gasteiger partial charge in [-0.1, -0.05) is 28.1 Å². The molecule has 0 aliphatic carbocycles. The van der Waals surface area contributed by atoms with Crippen LogP contribution in [-0.4, -0.2) is 24.0 Å². The van der Waals surface area contributed by atoms with Crippen LogP contribution in [-0.2, 0) is 0 Å². The van der Waals surface area contributed by atoms with Gasteiger partial charge in [0.2, 0.25) is 0 Å². The molecule has 1 aromatic rings. The van der Waals surface area contributed by atoms with E-state index in [0.29, 0.717) is 18.0 Å². The van der Waals surface area contributed by atoms with E-state index in [4.69, 9.17) is 5.73 Å². The van der Waals surface area contributed by atoms with Crippen LogP contribution < -0.4 is 5.73 Å². The summed E-state index contributed by atoms with van der Waals surface area (Å²) in [5.74, 6) is 0.666.